The Bertz CT molecular complexity index is 419. The molecule has 0 amide bonds. The van der Waals surface area contributed by atoms with Crippen molar-refractivity contribution in [2.75, 3.05) is 6.54 Å². The number of thiocarbonyl (C=S) groups is 1. The predicted molar refractivity (Wildman–Crippen MR) is 85.0 cm³/mol. The van der Waals surface area contributed by atoms with Gasteiger partial charge in [-0.1, -0.05) is 64.2 Å². The van der Waals surface area contributed by atoms with Gasteiger partial charge in [0.1, 0.15) is 0 Å². The van der Waals surface area contributed by atoms with Crippen molar-refractivity contribution in [3.05, 3.63) is 35.4 Å². The average Bonchev–Trinajstić information content (AvgIpc) is 2.28. The van der Waals surface area contributed by atoms with Gasteiger partial charge in [-0.2, -0.15) is 0 Å². The maximum atomic E-state index is 5.42. The van der Waals surface area contributed by atoms with Crippen LogP contribution in [0.5, 0.6) is 0 Å². The first-order valence-corrected chi connectivity index (χ1v) is 7.01. The summed E-state index contributed by atoms with van der Waals surface area (Å²) in [6.07, 6.45) is 2.83. The summed E-state index contributed by atoms with van der Waals surface area (Å²) in [5.41, 5.74) is 2.74. The molecule has 2 heteroatoms. The molecular formula is C16H23NS. The Morgan fingerprint density at radius 2 is 1.89 bits per heavy atom. The van der Waals surface area contributed by atoms with Crippen molar-refractivity contribution in [3.63, 3.8) is 0 Å². The monoisotopic (exact) mass is 261 g/mol. The third-order valence-electron chi connectivity index (χ3n) is 2.74. The van der Waals surface area contributed by atoms with Crippen LogP contribution in [0.15, 0.2) is 29.3 Å². The van der Waals surface area contributed by atoms with E-state index in [9.17, 15) is 0 Å². The molecule has 0 heterocycles. The van der Waals surface area contributed by atoms with Crippen LogP contribution in [0.1, 0.15) is 44.7 Å². The van der Waals surface area contributed by atoms with Crippen LogP contribution in [0, 0.1) is 5.92 Å². The van der Waals surface area contributed by atoms with E-state index in [0.29, 0.717) is 18.4 Å². The Kier molecular flexibility index (Phi) is 6.20. The molecule has 1 rings (SSSR count). The lowest BCUT2D eigenvalue weighted by Crippen LogP contribution is -2.07. The van der Waals surface area contributed by atoms with Gasteiger partial charge in [0.15, 0.2) is 0 Å². The summed E-state index contributed by atoms with van der Waals surface area (Å²) in [6, 6.07) is 8.55. The van der Waals surface area contributed by atoms with E-state index in [2.05, 4.69) is 57.0 Å². The summed E-state index contributed by atoms with van der Waals surface area (Å²) in [6.45, 7) is 9.36. The first-order valence-electron chi connectivity index (χ1n) is 6.60. The summed E-state index contributed by atoms with van der Waals surface area (Å²) in [5.74, 6) is 1.04. The van der Waals surface area contributed by atoms with Gasteiger partial charge in [-0.3, -0.25) is 4.99 Å². The third kappa shape index (κ3) is 5.09. The fourth-order valence-corrected chi connectivity index (χ4v) is 2.12. The molecule has 0 aromatic heterocycles. The van der Waals surface area contributed by atoms with Crippen LogP contribution < -0.4 is 0 Å². The molecule has 0 aliphatic rings. The molecule has 98 valence electrons. The van der Waals surface area contributed by atoms with Crippen LogP contribution in [0.2, 0.25) is 0 Å². The molecule has 0 spiro atoms. The first kappa shape index (κ1) is 15.0. The molecule has 1 nitrogen and oxygen atoms in total. The molecular weight excluding hydrogens is 238 g/mol. The smallest absolute Gasteiger partial charge is 0.0702 e. The first-order chi connectivity index (χ1) is 8.50. The molecule has 0 bridgehead atoms. The van der Waals surface area contributed by atoms with Gasteiger partial charge >= 0.3 is 0 Å². The molecule has 1 aromatic carbocycles. The number of nitrogens with zero attached hydrogens (tertiary/aromatic N) is 1. The summed E-state index contributed by atoms with van der Waals surface area (Å²) in [4.78, 5) is 5.39. The number of hydrogen-bond donors (Lipinski definition) is 0. The molecule has 0 aliphatic carbocycles. The Hall–Kier alpha value is -1.02. The second-order valence-corrected chi connectivity index (χ2v) is 5.88. The van der Waals surface area contributed by atoms with E-state index in [0.717, 1.165) is 11.3 Å². The van der Waals surface area contributed by atoms with Crippen LogP contribution in [-0.4, -0.2) is 17.6 Å². The molecule has 0 radical (unpaired) electrons. The Morgan fingerprint density at radius 3 is 2.50 bits per heavy atom. The minimum atomic E-state index is 0.496. The second-order valence-electron chi connectivity index (χ2n) is 5.30. The molecule has 0 atom stereocenters. The SMILES string of the molecule is CC(C)C=NCC(=S)Cc1ccccc1C(C)C. The maximum absolute atomic E-state index is 5.42. The van der Waals surface area contributed by atoms with E-state index in [-0.39, 0.29) is 0 Å². The minimum Gasteiger partial charge on any atom is -0.292 e. The van der Waals surface area contributed by atoms with Gasteiger partial charge in [0, 0.05) is 17.5 Å². The van der Waals surface area contributed by atoms with Crippen molar-refractivity contribution in [3.8, 4) is 0 Å². The van der Waals surface area contributed by atoms with Gasteiger partial charge in [0.25, 0.3) is 0 Å². The fraction of sp³-hybridized carbons (Fsp3) is 0.500. The van der Waals surface area contributed by atoms with E-state index in [1.54, 1.807) is 0 Å². The van der Waals surface area contributed by atoms with Gasteiger partial charge in [-0.15, -0.1) is 0 Å². The molecule has 0 aliphatic heterocycles. The van der Waals surface area contributed by atoms with E-state index in [1.165, 1.54) is 11.1 Å². The number of hydrogen-bond acceptors (Lipinski definition) is 2. The van der Waals surface area contributed by atoms with Crippen molar-refractivity contribution < 1.29 is 0 Å². The molecule has 0 fully saturated rings. The molecule has 0 unspecified atom stereocenters. The lowest BCUT2D eigenvalue weighted by atomic mass is 9.94. The van der Waals surface area contributed by atoms with Crippen LogP contribution in [0.25, 0.3) is 0 Å². The van der Waals surface area contributed by atoms with Gasteiger partial charge < -0.3 is 0 Å². The highest BCUT2D eigenvalue weighted by molar-refractivity contribution is 7.80. The zero-order valence-corrected chi connectivity index (χ0v) is 12.6. The lowest BCUT2D eigenvalue weighted by molar-refractivity contribution is 0.852. The van der Waals surface area contributed by atoms with E-state index >= 15 is 0 Å². The molecule has 0 N–H and O–H groups in total. The van der Waals surface area contributed by atoms with Gasteiger partial charge in [0.05, 0.1) is 6.54 Å². The minimum absolute atomic E-state index is 0.496. The normalized spacial score (nSPS) is 11.7. The van der Waals surface area contributed by atoms with Crippen molar-refractivity contribution >= 4 is 23.3 Å². The Labute approximate surface area is 116 Å². The Morgan fingerprint density at radius 1 is 1.22 bits per heavy atom. The number of benzene rings is 1. The van der Waals surface area contributed by atoms with Gasteiger partial charge in [-0.05, 0) is 23.0 Å². The van der Waals surface area contributed by atoms with Gasteiger partial charge in [0.2, 0.25) is 0 Å². The molecule has 18 heavy (non-hydrogen) atoms. The summed E-state index contributed by atoms with van der Waals surface area (Å²) in [7, 11) is 0. The molecule has 1 aromatic rings. The average molecular weight is 261 g/mol. The van der Waals surface area contributed by atoms with E-state index in [1.807, 2.05) is 6.21 Å². The highest BCUT2D eigenvalue weighted by atomic mass is 32.1. The summed E-state index contributed by atoms with van der Waals surface area (Å²) < 4.78 is 0. The van der Waals surface area contributed by atoms with Crippen LogP contribution in [0.4, 0.5) is 0 Å². The largest absolute Gasteiger partial charge is 0.292 e. The maximum Gasteiger partial charge on any atom is 0.0702 e. The molecule has 0 saturated carbocycles. The number of aliphatic imine (C=N–C) groups is 1. The number of rotatable bonds is 6. The fourth-order valence-electron chi connectivity index (χ4n) is 1.89. The van der Waals surface area contributed by atoms with Gasteiger partial charge in [-0.25, -0.2) is 0 Å². The van der Waals surface area contributed by atoms with Crippen molar-refractivity contribution in [2.45, 2.75) is 40.0 Å². The van der Waals surface area contributed by atoms with Crippen molar-refractivity contribution in [1.29, 1.82) is 0 Å². The zero-order valence-electron chi connectivity index (χ0n) is 11.8. The standard InChI is InChI=1S/C16H23NS/c1-12(2)10-17-11-15(18)9-14-7-5-6-8-16(14)13(3)4/h5-8,10,12-13H,9,11H2,1-4H3. The third-order valence-corrected chi connectivity index (χ3v) is 3.01. The summed E-state index contributed by atoms with van der Waals surface area (Å²) >= 11 is 5.42. The highest BCUT2D eigenvalue weighted by Gasteiger charge is 2.07. The topological polar surface area (TPSA) is 12.4 Å². The zero-order chi connectivity index (χ0) is 13.5. The second kappa shape index (κ2) is 7.42. The van der Waals surface area contributed by atoms with E-state index in [4.69, 9.17) is 12.2 Å². The summed E-state index contributed by atoms with van der Waals surface area (Å²) in [5, 5.41) is 0. The highest BCUT2D eigenvalue weighted by Crippen LogP contribution is 2.19. The quantitative estimate of drug-likeness (QED) is 0.544. The van der Waals surface area contributed by atoms with Crippen LogP contribution in [-0.2, 0) is 6.42 Å². The van der Waals surface area contributed by atoms with Crippen LogP contribution >= 0.6 is 12.2 Å². The van der Waals surface area contributed by atoms with E-state index < -0.39 is 0 Å². The Balaban J connectivity index is 2.65. The molecule has 0 saturated heterocycles. The van der Waals surface area contributed by atoms with Crippen LogP contribution in [0.3, 0.4) is 0 Å². The van der Waals surface area contributed by atoms with Crippen molar-refractivity contribution in [1.82, 2.24) is 0 Å². The lowest BCUT2D eigenvalue weighted by Gasteiger charge is -2.12. The van der Waals surface area contributed by atoms with Crippen molar-refractivity contribution in [2.24, 2.45) is 10.9 Å². The predicted octanol–water partition coefficient (Wildman–Crippen LogP) is 4.45.